The van der Waals surface area contributed by atoms with Crippen molar-refractivity contribution in [2.45, 2.75) is 6.92 Å². The van der Waals surface area contributed by atoms with Gasteiger partial charge in [-0.25, -0.2) is 4.68 Å². The Hall–Kier alpha value is -4.48. The average Bonchev–Trinajstić information content (AvgIpc) is 3.28. The van der Waals surface area contributed by atoms with Crippen molar-refractivity contribution in [1.82, 2.24) is 24.8 Å². The highest BCUT2D eigenvalue weighted by Gasteiger charge is 2.29. The normalized spacial score (nSPS) is 13.5. The summed E-state index contributed by atoms with van der Waals surface area (Å²) in [5.41, 5.74) is 1.43. The number of hydrogen-bond donors (Lipinski definition) is 0. The van der Waals surface area contributed by atoms with Crippen molar-refractivity contribution >= 4 is 17.5 Å². The summed E-state index contributed by atoms with van der Waals surface area (Å²) in [4.78, 5) is 40.0. The summed E-state index contributed by atoms with van der Waals surface area (Å²) in [6, 6.07) is 10.9. The molecule has 3 aromatic rings. The number of nitro groups is 1. The molecule has 0 unspecified atom stereocenters. The van der Waals surface area contributed by atoms with E-state index in [0.29, 0.717) is 54.6 Å². The van der Waals surface area contributed by atoms with E-state index in [-0.39, 0.29) is 23.2 Å². The molecule has 0 spiro atoms. The van der Waals surface area contributed by atoms with E-state index in [0.717, 1.165) is 0 Å². The van der Waals surface area contributed by atoms with Crippen molar-refractivity contribution in [1.29, 1.82) is 0 Å². The first-order valence-corrected chi connectivity index (χ1v) is 10.8. The Morgan fingerprint density at radius 3 is 2.11 bits per heavy atom. The Morgan fingerprint density at radius 1 is 0.943 bits per heavy atom. The number of nitrogens with zero attached hydrogens (tertiary/aromatic N) is 6. The molecule has 12 nitrogen and oxygen atoms in total. The topological polar surface area (TPSA) is 133 Å². The van der Waals surface area contributed by atoms with Crippen LogP contribution in [0, 0.1) is 17.0 Å². The number of hydrogen-bond acceptors (Lipinski definition) is 8. The zero-order valence-electron chi connectivity index (χ0n) is 19.5. The van der Waals surface area contributed by atoms with Crippen LogP contribution < -0.4 is 9.47 Å². The van der Waals surface area contributed by atoms with Crippen LogP contribution in [-0.2, 0) is 0 Å². The van der Waals surface area contributed by atoms with Crippen LogP contribution >= 0.6 is 0 Å². The molecule has 0 saturated carbocycles. The fourth-order valence-corrected chi connectivity index (χ4v) is 3.89. The average molecular weight is 480 g/mol. The van der Waals surface area contributed by atoms with Crippen molar-refractivity contribution in [3.8, 4) is 17.2 Å². The van der Waals surface area contributed by atoms with Crippen LogP contribution in [0.1, 0.15) is 26.5 Å². The molecule has 0 bridgehead atoms. The summed E-state index contributed by atoms with van der Waals surface area (Å²) < 4.78 is 11.9. The minimum Gasteiger partial charge on any atom is -0.497 e. The van der Waals surface area contributed by atoms with Gasteiger partial charge in [0.25, 0.3) is 17.5 Å². The highest BCUT2D eigenvalue weighted by Crippen LogP contribution is 2.24. The number of nitro benzene ring substituents is 1. The summed E-state index contributed by atoms with van der Waals surface area (Å²) in [6.07, 6.45) is 0. The van der Waals surface area contributed by atoms with Crippen LogP contribution in [0.4, 0.5) is 5.69 Å². The van der Waals surface area contributed by atoms with E-state index in [1.165, 1.54) is 31.0 Å². The largest absolute Gasteiger partial charge is 0.497 e. The Labute approximate surface area is 200 Å². The third-order valence-electron chi connectivity index (χ3n) is 5.83. The number of aromatic nitrogens is 3. The highest BCUT2D eigenvalue weighted by atomic mass is 16.6. The van der Waals surface area contributed by atoms with E-state index in [4.69, 9.17) is 9.47 Å². The van der Waals surface area contributed by atoms with E-state index in [1.807, 2.05) is 0 Å². The Kier molecular flexibility index (Phi) is 6.62. The minimum absolute atomic E-state index is 0.0836. The van der Waals surface area contributed by atoms with Crippen LogP contribution in [0.2, 0.25) is 0 Å². The van der Waals surface area contributed by atoms with Gasteiger partial charge >= 0.3 is 0 Å². The van der Waals surface area contributed by atoms with Gasteiger partial charge in [-0.15, -0.1) is 5.10 Å². The molecule has 2 aromatic carbocycles. The molecule has 1 fully saturated rings. The SMILES string of the molecule is COc1cc(OC)cc(C(=O)N2CCN(C(=O)c3nnn(-c4cccc([N+](=O)[O-])c4)c3C)CC2)c1. The summed E-state index contributed by atoms with van der Waals surface area (Å²) >= 11 is 0. The number of benzene rings is 2. The van der Waals surface area contributed by atoms with Gasteiger partial charge in [-0.2, -0.15) is 0 Å². The number of methoxy groups -OCH3 is 2. The second-order valence-electron chi connectivity index (χ2n) is 7.90. The molecule has 2 heterocycles. The number of carbonyl (C=O) groups is 2. The fraction of sp³-hybridized carbons (Fsp3) is 0.304. The predicted molar refractivity (Wildman–Crippen MR) is 124 cm³/mol. The van der Waals surface area contributed by atoms with E-state index < -0.39 is 4.92 Å². The lowest BCUT2D eigenvalue weighted by Gasteiger charge is -2.34. The molecule has 12 heteroatoms. The van der Waals surface area contributed by atoms with Crippen molar-refractivity contribution in [2.75, 3.05) is 40.4 Å². The molecule has 35 heavy (non-hydrogen) atoms. The molecular weight excluding hydrogens is 456 g/mol. The van der Waals surface area contributed by atoms with Gasteiger partial charge in [0, 0.05) is 49.9 Å². The summed E-state index contributed by atoms with van der Waals surface area (Å²) in [6.45, 7) is 3.04. The van der Waals surface area contributed by atoms with Crippen LogP contribution in [0.3, 0.4) is 0 Å². The second-order valence-corrected chi connectivity index (χ2v) is 7.90. The zero-order valence-corrected chi connectivity index (χ0v) is 19.5. The van der Waals surface area contributed by atoms with Gasteiger partial charge in [-0.05, 0) is 25.1 Å². The van der Waals surface area contributed by atoms with Crippen LogP contribution in [0.5, 0.6) is 11.5 Å². The van der Waals surface area contributed by atoms with Gasteiger partial charge in [-0.1, -0.05) is 11.3 Å². The number of piperazine rings is 1. The maximum absolute atomic E-state index is 13.1. The van der Waals surface area contributed by atoms with Crippen molar-refractivity contribution in [2.24, 2.45) is 0 Å². The highest BCUT2D eigenvalue weighted by molar-refractivity contribution is 5.96. The molecule has 0 radical (unpaired) electrons. The van der Waals surface area contributed by atoms with E-state index in [1.54, 1.807) is 47.1 Å². The minimum atomic E-state index is -0.496. The molecule has 0 atom stereocenters. The number of amides is 2. The van der Waals surface area contributed by atoms with Gasteiger partial charge in [0.2, 0.25) is 0 Å². The lowest BCUT2D eigenvalue weighted by molar-refractivity contribution is -0.384. The van der Waals surface area contributed by atoms with E-state index in [9.17, 15) is 19.7 Å². The molecule has 182 valence electrons. The van der Waals surface area contributed by atoms with Gasteiger partial charge < -0.3 is 19.3 Å². The number of ether oxygens (including phenoxy) is 2. The quantitative estimate of drug-likeness (QED) is 0.387. The Bertz CT molecular complexity index is 1260. The number of non-ortho nitro benzene ring substituents is 1. The molecule has 4 rings (SSSR count). The first-order chi connectivity index (χ1) is 16.8. The molecule has 0 aliphatic carbocycles. The van der Waals surface area contributed by atoms with Crippen LogP contribution in [-0.4, -0.2) is 81.9 Å². The first-order valence-electron chi connectivity index (χ1n) is 10.8. The van der Waals surface area contributed by atoms with Crippen molar-refractivity contribution in [3.63, 3.8) is 0 Å². The number of carbonyl (C=O) groups excluding carboxylic acids is 2. The molecule has 1 aliphatic heterocycles. The Balaban J connectivity index is 1.45. The smallest absolute Gasteiger partial charge is 0.276 e. The molecular formula is C23H24N6O6. The van der Waals surface area contributed by atoms with Gasteiger partial charge in [-0.3, -0.25) is 19.7 Å². The van der Waals surface area contributed by atoms with E-state index in [2.05, 4.69) is 10.3 Å². The fourth-order valence-electron chi connectivity index (χ4n) is 3.89. The molecule has 2 amide bonds. The maximum atomic E-state index is 13.1. The third-order valence-corrected chi connectivity index (χ3v) is 5.83. The molecule has 0 N–H and O–H groups in total. The van der Waals surface area contributed by atoms with Crippen LogP contribution in [0.15, 0.2) is 42.5 Å². The predicted octanol–water partition coefficient (Wildman–Crippen LogP) is 2.10. The van der Waals surface area contributed by atoms with Crippen molar-refractivity contribution in [3.05, 3.63) is 69.5 Å². The summed E-state index contributed by atoms with van der Waals surface area (Å²) in [7, 11) is 3.04. The Morgan fingerprint density at radius 2 is 1.54 bits per heavy atom. The number of rotatable bonds is 6. The van der Waals surface area contributed by atoms with Crippen LogP contribution in [0.25, 0.3) is 5.69 Å². The lowest BCUT2D eigenvalue weighted by atomic mass is 10.1. The standard InChI is InChI=1S/C23H24N6O6/c1-15-21(24-25-28(15)17-5-4-6-18(13-17)29(32)33)23(31)27-9-7-26(8-10-27)22(30)16-11-19(34-2)14-20(12-16)35-3/h4-6,11-14H,7-10H2,1-3H3. The molecule has 1 aliphatic rings. The monoisotopic (exact) mass is 480 g/mol. The first kappa shape index (κ1) is 23.7. The maximum Gasteiger partial charge on any atom is 0.276 e. The summed E-state index contributed by atoms with van der Waals surface area (Å²) in [5, 5.41) is 19.1. The van der Waals surface area contributed by atoms with Gasteiger partial charge in [0.05, 0.1) is 30.5 Å². The molecule has 1 saturated heterocycles. The van der Waals surface area contributed by atoms with Crippen molar-refractivity contribution < 1.29 is 24.0 Å². The third kappa shape index (κ3) is 4.76. The van der Waals surface area contributed by atoms with Gasteiger partial charge in [0.15, 0.2) is 5.69 Å². The van der Waals surface area contributed by atoms with Gasteiger partial charge in [0.1, 0.15) is 11.5 Å². The van der Waals surface area contributed by atoms with E-state index >= 15 is 0 Å². The molecule has 1 aromatic heterocycles. The summed E-state index contributed by atoms with van der Waals surface area (Å²) in [5.74, 6) is 0.545. The second kappa shape index (κ2) is 9.79. The zero-order chi connectivity index (χ0) is 25.1. The lowest BCUT2D eigenvalue weighted by Crippen LogP contribution is -2.50.